The van der Waals surface area contributed by atoms with E-state index in [4.69, 9.17) is 0 Å². The maximum Gasteiger partial charge on any atom is 0.264 e. The van der Waals surface area contributed by atoms with Crippen molar-refractivity contribution in [2.24, 2.45) is 5.92 Å². The summed E-state index contributed by atoms with van der Waals surface area (Å²) in [4.78, 5) is 17.0. The number of carbonyl (C=O) groups excluding carboxylic acids is 1. The van der Waals surface area contributed by atoms with Gasteiger partial charge in [0.25, 0.3) is 5.91 Å². The summed E-state index contributed by atoms with van der Waals surface area (Å²) in [5.41, 5.74) is 2.00. The molecule has 0 unspecified atom stereocenters. The van der Waals surface area contributed by atoms with E-state index in [1.54, 1.807) is 11.3 Å². The van der Waals surface area contributed by atoms with E-state index in [1.807, 2.05) is 52.9 Å². The van der Waals surface area contributed by atoms with Crippen molar-refractivity contribution < 1.29 is 4.79 Å². The molecule has 7 heteroatoms. The number of hydrogen-bond donors (Lipinski definition) is 1. The first-order valence-corrected chi connectivity index (χ1v) is 11.1. The van der Waals surface area contributed by atoms with Crippen LogP contribution in [-0.2, 0) is 0 Å². The van der Waals surface area contributed by atoms with Crippen LogP contribution < -0.4 is 5.32 Å². The van der Waals surface area contributed by atoms with E-state index >= 15 is 0 Å². The van der Waals surface area contributed by atoms with Gasteiger partial charge in [0.2, 0.25) is 0 Å². The van der Waals surface area contributed by atoms with Crippen LogP contribution in [0.4, 0.5) is 0 Å². The Bertz CT molecular complexity index is 987. The maximum atomic E-state index is 13.1. The summed E-state index contributed by atoms with van der Waals surface area (Å²) in [6.45, 7) is 4.86. The molecular weight excluding hydrogens is 404 g/mol. The largest absolute Gasteiger partial charge is 0.338 e. The van der Waals surface area contributed by atoms with Crippen molar-refractivity contribution in [2.45, 2.75) is 38.6 Å². The molecule has 1 amide bonds. The predicted octanol–water partition coefficient (Wildman–Crippen LogP) is 4.42. The average molecular weight is 431 g/mol. The molecule has 3 aromatic rings. The van der Waals surface area contributed by atoms with E-state index in [9.17, 15) is 4.79 Å². The van der Waals surface area contributed by atoms with Gasteiger partial charge in [0.05, 0.1) is 16.3 Å². The van der Waals surface area contributed by atoms with Gasteiger partial charge in [-0.3, -0.25) is 4.79 Å². The number of amides is 1. The number of fused-ring (bicyclic) bond motifs is 1. The SMILES string of the molecule is Cc1nn(-c2ccccc2)c2sc(C(=O)N3CCC(NCC4CC4)CC3)cc12.Cl. The Kier molecular flexibility index (Phi) is 5.95. The van der Waals surface area contributed by atoms with Gasteiger partial charge in [0, 0.05) is 24.5 Å². The molecule has 1 saturated heterocycles. The Morgan fingerprint density at radius 3 is 2.59 bits per heavy atom. The van der Waals surface area contributed by atoms with E-state index in [2.05, 4.69) is 10.4 Å². The minimum atomic E-state index is 0. The van der Waals surface area contributed by atoms with Gasteiger partial charge in [-0.1, -0.05) is 18.2 Å². The van der Waals surface area contributed by atoms with Crippen LogP contribution in [0.5, 0.6) is 0 Å². The maximum absolute atomic E-state index is 13.1. The summed E-state index contributed by atoms with van der Waals surface area (Å²) in [5.74, 6) is 1.08. The topological polar surface area (TPSA) is 50.2 Å². The van der Waals surface area contributed by atoms with Crippen molar-refractivity contribution in [3.8, 4) is 5.69 Å². The van der Waals surface area contributed by atoms with Crippen molar-refractivity contribution in [2.75, 3.05) is 19.6 Å². The second kappa shape index (κ2) is 8.46. The van der Waals surface area contributed by atoms with Crippen LogP contribution in [0.15, 0.2) is 36.4 Å². The monoisotopic (exact) mass is 430 g/mol. The minimum absolute atomic E-state index is 0. The van der Waals surface area contributed by atoms with Crippen LogP contribution in [0.2, 0.25) is 0 Å². The highest BCUT2D eigenvalue weighted by Crippen LogP contribution is 2.32. The lowest BCUT2D eigenvalue weighted by Crippen LogP contribution is -2.45. The summed E-state index contributed by atoms with van der Waals surface area (Å²) in [5, 5.41) is 9.44. The lowest BCUT2D eigenvalue weighted by molar-refractivity contribution is 0.0710. The minimum Gasteiger partial charge on any atom is -0.338 e. The summed E-state index contributed by atoms with van der Waals surface area (Å²) >= 11 is 1.56. The Balaban J connectivity index is 0.00000205. The van der Waals surface area contributed by atoms with Crippen LogP contribution in [0.3, 0.4) is 0 Å². The molecule has 29 heavy (non-hydrogen) atoms. The van der Waals surface area contributed by atoms with Crippen molar-refractivity contribution in [3.63, 3.8) is 0 Å². The Morgan fingerprint density at radius 2 is 1.90 bits per heavy atom. The van der Waals surface area contributed by atoms with Crippen LogP contribution in [0.1, 0.15) is 41.0 Å². The number of piperidine rings is 1. The number of thiophene rings is 1. The molecule has 5 rings (SSSR count). The molecule has 154 valence electrons. The fourth-order valence-corrected chi connectivity index (χ4v) is 5.15. The summed E-state index contributed by atoms with van der Waals surface area (Å²) in [6.07, 6.45) is 4.88. The summed E-state index contributed by atoms with van der Waals surface area (Å²) in [7, 11) is 0. The Hall–Kier alpha value is -1.89. The quantitative estimate of drug-likeness (QED) is 0.651. The van der Waals surface area contributed by atoms with E-state index in [1.165, 1.54) is 12.8 Å². The molecule has 3 heterocycles. The Labute approximate surface area is 181 Å². The molecule has 2 fully saturated rings. The zero-order valence-corrected chi connectivity index (χ0v) is 18.3. The normalized spacial score (nSPS) is 17.5. The zero-order valence-electron chi connectivity index (χ0n) is 16.6. The first-order chi connectivity index (χ1) is 13.7. The lowest BCUT2D eigenvalue weighted by Gasteiger charge is -2.32. The Morgan fingerprint density at radius 1 is 1.17 bits per heavy atom. The number of aromatic nitrogens is 2. The highest BCUT2D eigenvalue weighted by Gasteiger charge is 2.27. The molecule has 1 aliphatic carbocycles. The second-order valence-corrected chi connectivity index (χ2v) is 9.11. The van der Waals surface area contributed by atoms with Gasteiger partial charge >= 0.3 is 0 Å². The number of halogens is 1. The molecule has 1 aromatic carbocycles. The molecule has 0 atom stereocenters. The third-order valence-electron chi connectivity index (χ3n) is 5.93. The number of rotatable bonds is 5. The van der Waals surface area contributed by atoms with Crippen molar-refractivity contribution >= 4 is 39.9 Å². The summed E-state index contributed by atoms with van der Waals surface area (Å²) in [6, 6.07) is 12.7. The molecule has 5 nitrogen and oxygen atoms in total. The molecule has 1 N–H and O–H groups in total. The number of benzene rings is 1. The molecule has 0 spiro atoms. The highest BCUT2D eigenvalue weighted by atomic mass is 35.5. The van der Waals surface area contributed by atoms with Gasteiger partial charge in [-0.2, -0.15) is 5.10 Å². The zero-order chi connectivity index (χ0) is 19.1. The van der Waals surface area contributed by atoms with E-state index in [0.29, 0.717) is 6.04 Å². The van der Waals surface area contributed by atoms with Crippen LogP contribution >= 0.6 is 23.7 Å². The molecule has 0 radical (unpaired) electrons. The number of aryl methyl sites for hydroxylation is 1. The van der Waals surface area contributed by atoms with E-state index < -0.39 is 0 Å². The third-order valence-corrected chi connectivity index (χ3v) is 7.03. The second-order valence-electron chi connectivity index (χ2n) is 8.08. The van der Waals surface area contributed by atoms with Gasteiger partial charge < -0.3 is 10.2 Å². The van der Waals surface area contributed by atoms with Crippen molar-refractivity contribution in [1.82, 2.24) is 20.0 Å². The van der Waals surface area contributed by atoms with Crippen molar-refractivity contribution in [3.05, 3.63) is 47.0 Å². The number of carbonyl (C=O) groups is 1. The molecule has 0 bridgehead atoms. The van der Waals surface area contributed by atoms with Gasteiger partial charge in [0.15, 0.2) is 0 Å². The number of nitrogens with zero attached hydrogens (tertiary/aromatic N) is 3. The standard InChI is InChI=1S/C22H26N4OS.ClH/c1-15-19-13-20(28-22(19)26(24-15)18-5-3-2-4-6-18)21(27)25-11-9-17(10-12-25)23-14-16-7-8-16;/h2-6,13,16-17,23H,7-12,14H2,1H3;1H. The number of likely N-dealkylation sites (tertiary alicyclic amines) is 1. The van der Waals surface area contributed by atoms with Crippen molar-refractivity contribution in [1.29, 1.82) is 0 Å². The lowest BCUT2D eigenvalue weighted by atomic mass is 10.0. The molecule has 2 aliphatic rings. The van der Waals surface area contributed by atoms with Gasteiger partial charge in [-0.15, -0.1) is 23.7 Å². The van der Waals surface area contributed by atoms with E-state index in [-0.39, 0.29) is 18.3 Å². The number of nitrogens with one attached hydrogen (secondary N) is 1. The molecule has 1 aliphatic heterocycles. The third kappa shape index (κ3) is 4.20. The van der Waals surface area contributed by atoms with Gasteiger partial charge in [-0.05, 0) is 63.3 Å². The first-order valence-electron chi connectivity index (χ1n) is 10.3. The molecule has 1 saturated carbocycles. The fourth-order valence-electron chi connectivity index (χ4n) is 3.99. The number of para-hydroxylation sites is 1. The smallest absolute Gasteiger partial charge is 0.264 e. The van der Waals surface area contributed by atoms with Gasteiger partial charge in [0.1, 0.15) is 4.83 Å². The average Bonchev–Trinajstić information content (AvgIpc) is 3.38. The van der Waals surface area contributed by atoms with Crippen LogP contribution in [0.25, 0.3) is 15.9 Å². The molecular formula is C22H27ClN4OS. The number of hydrogen-bond acceptors (Lipinski definition) is 4. The molecule has 2 aromatic heterocycles. The van der Waals surface area contributed by atoms with Crippen LogP contribution in [-0.4, -0.2) is 46.3 Å². The highest BCUT2D eigenvalue weighted by molar-refractivity contribution is 7.20. The summed E-state index contributed by atoms with van der Waals surface area (Å²) < 4.78 is 1.96. The predicted molar refractivity (Wildman–Crippen MR) is 121 cm³/mol. The van der Waals surface area contributed by atoms with E-state index in [0.717, 1.165) is 64.9 Å². The van der Waals surface area contributed by atoms with Crippen LogP contribution in [0, 0.1) is 12.8 Å². The first kappa shape index (κ1) is 20.4. The fraction of sp³-hybridized carbons (Fsp3) is 0.455. The van der Waals surface area contributed by atoms with Gasteiger partial charge in [-0.25, -0.2) is 4.68 Å².